The van der Waals surface area contributed by atoms with E-state index in [4.69, 9.17) is 9.47 Å². The number of para-hydroxylation sites is 2. The molecule has 0 aliphatic rings. The van der Waals surface area contributed by atoms with Gasteiger partial charge in [-0.3, -0.25) is 14.6 Å². The normalized spacial score (nSPS) is 10.8. The summed E-state index contributed by atoms with van der Waals surface area (Å²) in [5, 5.41) is 14.4. The van der Waals surface area contributed by atoms with Crippen molar-refractivity contribution in [2.75, 3.05) is 11.9 Å². The molecule has 4 rings (SSSR count). The zero-order valence-electron chi connectivity index (χ0n) is 18.5. The number of hydrogen-bond donors (Lipinski definition) is 2. The topological polar surface area (TPSA) is 94.1 Å². The van der Waals surface area contributed by atoms with Crippen molar-refractivity contribution in [3.63, 3.8) is 0 Å². The van der Waals surface area contributed by atoms with Crippen LogP contribution in [0.4, 0.5) is 5.69 Å². The first-order valence-corrected chi connectivity index (χ1v) is 10.3. The zero-order chi connectivity index (χ0) is 22.7. The number of ether oxygens (including phenoxy) is 2. The van der Waals surface area contributed by atoms with Crippen LogP contribution in [0.5, 0.6) is 17.2 Å². The number of aromatic amines is 1. The Balaban J connectivity index is 1.51. The molecule has 0 aliphatic carbocycles. The molecule has 0 saturated carbocycles. The molecule has 8 heteroatoms. The third kappa shape index (κ3) is 4.34. The number of nitrogens with zero attached hydrogens (tertiary/aromatic N) is 3. The summed E-state index contributed by atoms with van der Waals surface area (Å²) < 4.78 is 13.2. The Hall–Kier alpha value is -4.07. The number of aryl methyl sites for hydroxylation is 2. The van der Waals surface area contributed by atoms with Crippen molar-refractivity contribution in [2.24, 2.45) is 7.05 Å². The quantitative estimate of drug-likeness (QED) is 0.435. The lowest BCUT2D eigenvalue weighted by Crippen LogP contribution is -2.13. The van der Waals surface area contributed by atoms with Crippen molar-refractivity contribution in [3.8, 4) is 28.5 Å². The van der Waals surface area contributed by atoms with Crippen LogP contribution in [0.25, 0.3) is 11.3 Å². The summed E-state index contributed by atoms with van der Waals surface area (Å²) in [6.45, 7) is 6.43. The molecular formula is C24H25N5O3. The molecule has 32 heavy (non-hydrogen) atoms. The Morgan fingerprint density at radius 3 is 2.50 bits per heavy atom. The minimum Gasteiger partial charge on any atom is -0.494 e. The summed E-state index contributed by atoms with van der Waals surface area (Å²) in [6.07, 6.45) is 0. The van der Waals surface area contributed by atoms with E-state index in [0.717, 1.165) is 22.7 Å². The van der Waals surface area contributed by atoms with Gasteiger partial charge >= 0.3 is 0 Å². The van der Waals surface area contributed by atoms with Gasteiger partial charge in [0.15, 0.2) is 5.75 Å². The number of carbonyl (C=O) groups is 1. The highest BCUT2D eigenvalue weighted by Gasteiger charge is 2.18. The van der Waals surface area contributed by atoms with Crippen molar-refractivity contribution in [1.82, 2.24) is 20.0 Å². The molecule has 0 aliphatic heterocycles. The Kier molecular flexibility index (Phi) is 5.93. The van der Waals surface area contributed by atoms with Crippen LogP contribution in [-0.4, -0.2) is 32.5 Å². The van der Waals surface area contributed by atoms with Crippen LogP contribution in [0.15, 0.2) is 54.6 Å². The summed E-state index contributed by atoms with van der Waals surface area (Å²) in [5.74, 6) is 1.63. The second-order valence-electron chi connectivity index (χ2n) is 7.29. The largest absolute Gasteiger partial charge is 0.494 e. The van der Waals surface area contributed by atoms with Gasteiger partial charge in [-0.1, -0.05) is 12.1 Å². The van der Waals surface area contributed by atoms with Gasteiger partial charge in [-0.05, 0) is 63.2 Å². The van der Waals surface area contributed by atoms with E-state index < -0.39 is 0 Å². The van der Waals surface area contributed by atoms with Crippen molar-refractivity contribution in [1.29, 1.82) is 0 Å². The Bertz CT molecular complexity index is 1240. The van der Waals surface area contributed by atoms with Gasteiger partial charge < -0.3 is 14.8 Å². The van der Waals surface area contributed by atoms with E-state index in [0.29, 0.717) is 35.2 Å². The second-order valence-corrected chi connectivity index (χ2v) is 7.29. The van der Waals surface area contributed by atoms with Gasteiger partial charge in [0.05, 0.1) is 23.7 Å². The highest BCUT2D eigenvalue weighted by atomic mass is 16.5. The number of carbonyl (C=O) groups excluding carboxylic acids is 1. The van der Waals surface area contributed by atoms with Gasteiger partial charge in [-0.15, -0.1) is 0 Å². The van der Waals surface area contributed by atoms with E-state index in [9.17, 15) is 4.79 Å². The first-order valence-electron chi connectivity index (χ1n) is 10.3. The van der Waals surface area contributed by atoms with Gasteiger partial charge in [-0.25, -0.2) is 0 Å². The number of H-pyrrole nitrogens is 1. The molecule has 0 unspecified atom stereocenters. The minimum atomic E-state index is -0.314. The van der Waals surface area contributed by atoms with E-state index in [-0.39, 0.29) is 5.91 Å². The molecule has 0 spiro atoms. The van der Waals surface area contributed by atoms with E-state index in [1.54, 1.807) is 22.9 Å². The monoisotopic (exact) mass is 431 g/mol. The number of amides is 1. The van der Waals surface area contributed by atoms with E-state index >= 15 is 0 Å². The first-order chi connectivity index (χ1) is 15.5. The van der Waals surface area contributed by atoms with Crippen LogP contribution in [0.3, 0.4) is 0 Å². The third-order valence-electron chi connectivity index (χ3n) is 5.09. The molecule has 164 valence electrons. The molecular weight excluding hydrogens is 406 g/mol. The predicted octanol–water partition coefficient (Wildman–Crippen LogP) is 4.87. The molecule has 2 aromatic heterocycles. The highest BCUT2D eigenvalue weighted by molar-refractivity contribution is 6.04. The molecule has 4 aromatic rings. The van der Waals surface area contributed by atoms with Crippen molar-refractivity contribution in [3.05, 3.63) is 71.7 Å². The summed E-state index contributed by atoms with van der Waals surface area (Å²) >= 11 is 0. The molecule has 2 heterocycles. The second kappa shape index (κ2) is 8.97. The molecule has 1 amide bonds. The predicted molar refractivity (Wildman–Crippen MR) is 122 cm³/mol. The Morgan fingerprint density at radius 2 is 1.81 bits per heavy atom. The van der Waals surface area contributed by atoms with Crippen LogP contribution in [0.2, 0.25) is 0 Å². The molecule has 0 fully saturated rings. The number of anilines is 1. The van der Waals surface area contributed by atoms with E-state index in [2.05, 4.69) is 20.6 Å². The van der Waals surface area contributed by atoms with Gasteiger partial charge in [-0.2, -0.15) is 10.2 Å². The molecule has 0 saturated heterocycles. The lowest BCUT2D eigenvalue weighted by atomic mass is 10.1. The smallest absolute Gasteiger partial charge is 0.273 e. The van der Waals surface area contributed by atoms with Gasteiger partial charge in [0.2, 0.25) is 0 Å². The number of hydrogen-bond acceptors (Lipinski definition) is 5. The van der Waals surface area contributed by atoms with Crippen molar-refractivity contribution in [2.45, 2.75) is 20.8 Å². The maximum absolute atomic E-state index is 12.9. The van der Waals surface area contributed by atoms with Crippen LogP contribution in [0, 0.1) is 13.8 Å². The summed E-state index contributed by atoms with van der Waals surface area (Å²) in [6, 6.07) is 16.3. The molecule has 2 N–H and O–H groups in total. The summed E-state index contributed by atoms with van der Waals surface area (Å²) in [5.41, 5.74) is 4.33. The summed E-state index contributed by atoms with van der Waals surface area (Å²) in [7, 11) is 1.88. The molecule has 0 radical (unpaired) electrons. The average molecular weight is 431 g/mol. The Morgan fingerprint density at radius 1 is 1.09 bits per heavy atom. The van der Waals surface area contributed by atoms with Crippen molar-refractivity contribution >= 4 is 11.6 Å². The third-order valence-corrected chi connectivity index (χ3v) is 5.09. The van der Waals surface area contributed by atoms with Gasteiger partial charge in [0.1, 0.15) is 17.2 Å². The lowest BCUT2D eigenvalue weighted by Gasteiger charge is -2.12. The van der Waals surface area contributed by atoms with E-state index in [1.165, 1.54) is 0 Å². The fraction of sp³-hybridized carbons (Fsp3) is 0.208. The number of benzene rings is 2. The highest BCUT2D eigenvalue weighted by Crippen LogP contribution is 2.31. The van der Waals surface area contributed by atoms with Gasteiger partial charge in [0, 0.05) is 18.3 Å². The lowest BCUT2D eigenvalue weighted by molar-refractivity contribution is 0.102. The van der Waals surface area contributed by atoms with Gasteiger partial charge in [0.25, 0.3) is 5.91 Å². The van der Waals surface area contributed by atoms with Crippen molar-refractivity contribution < 1.29 is 14.3 Å². The maximum Gasteiger partial charge on any atom is 0.273 e. The summed E-state index contributed by atoms with van der Waals surface area (Å²) in [4.78, 5) is 12.9. The van der Waals surface area contributed by atoms with Crippen LogP contribution < -0.4 is 14.8 Å². The molecule has 0 bridgehead atoms. The molecule has 0 atom stereocenters. The minimum absolute atomic E-state index is 0.314. The van der Waals surface area contributed by atoms with Crippen LogP contribution in [0.1, 0.15) is 28.8 Å². The van der Waals surface area contributed by atoms with Crippen LogP contribution >= 0.6 is 0 Å². The number of rotatable bonds is 7. The standard InChI is InChI=1S/C24H25N5O3/c1-5-31-17-10-12-18(13-11-17)32-22-9-7-6-8-19(22)25-24(30)21-14-20(26-27-21)23-15(2)28-29(4)16(23)3/h6-14H,5H2,1-4H3,(H,25,30)(H,26,27). The average Bonchev–Trinajstić information content (AvgIpc) is 3.35. The zero-order valence-corrected chi connectivity index (χ0v) is 18.5. The molecule has 2 aromatic carbocycles. The maximum atomic E-state index is 12.9. The van der Waals surface area contributed by atoms with Crippen LogP contribution in [-0.2, 0) is 7.05 Å². The number of aromatic nitrogens is 4. The molecule has 8 nitrogen and oxygen atoms in total. The fourth-order valence-electron chi connectivity index (χ4n) is 3.46. The van der Waals surface area contributed by atoms with E-state index in [1.807, 2.05) is 64.2 Å². The number of nitrogens with one attached hydrogen (secondary N) is 2. The Labute approximate surface area is 186 Å². The fourth-order valence-corrected chi connectivity index (χ4v) is 3.46. The first kappa shape index (κ1) is 21.2. The SMILES string of the molecule is CCOc1ccc(Oc2ccccc2NC(=O)c2cc(-c3c(C)nn(C)c3C)n[nH]2)cc1.